The molecular weight excluding hydrogens is 342 g/mol. The highest BCUT2D eigenvalue weighted by Gasteiger charge is 2.33. The van der Waals surface area contributed by atoms with Crippen LogP contribution in [0.2, 0.25) is 5.02 Å². The molecule has 1 aromatic carbocycles. The lowest BCUT2D eigenvalue weighted by molar-refractivity contribution is -0.143. The van der Waals surface area contributed by atoms with Crippen molar-refractivity contribution in [3.63, 3.8) is 0 Å². The molecule has 3 rings (SSSR count). The molecule has 0 aliphatic carbocycles. The Morgan fingerprint density at radius 1 is 1.16 bits per heavy atom. The minimum Gasteiger partial charge on any atom is -0.480 e. The number of aliphatic carboxylic acids is 1. The zero-order valence-electron chi connectivity index (χ0n) is 14.2. The van der Waals surface area contributed by atoms with Crippen LogP contribution in [0.5, 0.6) is 0 Å². The topological polar surface area (TPSA) is 64.1 Å². The maximum atomic E-state index is 12.5. The number of carbonyl (C=O) groups is 2. The van der Waals surface area contributed by atoms with Gasteiger partial charge in [0.1, 0.15) is 6.04 Å². The Hall–Kier alpha value is -1.63. The average Bonchev–Trinajstić information content (AvgIpc) is 3.04. The van der Waals surface area contributed by atoms with Crippen LogP contribution < -0.4 is 0 Å². The average molecular weight is 366 g/mol. The van der Waals surface area contributed by atoms with Crippen LogP contribution in [0.1, 0.15) is 18.4 Å². The van der Waals surface area contributed by atoms with Crippen LogP contribution in [0.3, 0.4) is 0 Å². The molecule has 0 aromatic heterocycles. The Morgan fingerprint density at radius 2 is 1.92 bits per heavy atom. The molecule has 2 saturated heterocycles. The SMILES string of the molecule is O=C(O)[C@H]1CCCN1CC(=O)N1CCN(Cc2cccc(Cl)c2)CC1. The van der Waals surface area contributed by atoms with Gasteiger partial charge >= 0.3 is 5.97 Å². The predicted molar refractivity (Wildman–Crippen MR) is 95.5 cm³/mol. The van der Waals surface area contributed by atoms with Gasteiger partial charge in [0.2, 0.25) is 5.91 Å². The number of benzene rings is 1. The Labute approximate surface area is 152 Å². The highest BCUT2D eigenvalue weighted by Crippen LogP contribution is 2.18. The van der Waals surface area contributed by atoms with Crippen LogP contribution in [0.25, 0.3) is 0 Å². The van der Waals surface area contributed by atoms with E-state index in [9.17, 15) is 14.7 Å². The standard InChI is InChI=1S/C18H24ClN3O3/c19-15-4-1-3-14(11-15)12-20-7-9-21(10-8-20)17(23)13-22-6-2-5-16(22)18(24)25/h1,3-4,11,16H,2,5-10,12-13H2,(H,24,25)/t16-/m1/s1. The second-order valence-corrected chi connectivity index (χ2v) is 7.19. The lowest BCUT2D eigenvalue weighted by Gasteiger charge is -2.35. The number of piperazine rings is 1. The number of halogens is 1. The molecule has 7 heteroatoms. The van der Waals surface area contributed by atoms with Crippen molar-refractivity contribution in [1.82, 2.24) is 14.7 Å². The molecule has 0 unspecified atom stereocenters. The molecule has 0 bridgehead atoms. The summed E-state index contributed by atoms with van der Waals surface area (Å²) >= 11 is 6.02. The first-order valence-electron chi connectivity index (χ1n) is 8.74. The van der Waals surface area contributed by atoms with Crippen molar-refractivity contribution in [3.05, 3.63) is 34.9 Å². The van der Waals surface area contributed by atoms with Crippen LogP contribution >= 0.6 is 11.6 Å². The van der Waals surface area contributed by atoms with Gasteiger partial charge in [0.15, 0.2) is 0 Å². The monoisotopic (exact) mass is 365 g/mol. The molecule has 1 amide bonds. The number of likely N-dealkylation sites (tertiary alicyclic amines) is 1. The number of carboxylic acids is 1. The van der Waals surface area contributed by atoms with Crippen LogP contribution in [0.4, 0.5) is 0 Å². The minimum atomic E-state index is -0.823. The molecular formula is C18H24ClN3O3. The summed E-state index contributed by atoms with van der Waals surface area (Å²) in [7, 11) is 0. The van der Waals surface area contributed by atoms with Crippen molar-refractivity contribution in [2.45, 2.75) is 25.4 Å². The van der Waals surface area contributed by atoms with Crippen molar-refractivity contribution in [1.29, 1.82) is 0 Å². The van der Waals surface area contributed by atoms with E-state index in [1.165, 1.54) is 5.56 Å². The van der Waals surface area contributed by atoms with E-state index in [1.807, 2.05) is 23.1 Å². The summed E-state index contributed by atoms with van der Waals surface area (Å²) in [5.41, 5.74) is 1.17. The van der Waals surface area contributed by atoms with Gasteiger partial charge in [-0.05, 0) is 37.1 Å². The number of hydrogen-bond donors (Lipinski definition) is 1. The molecule has 1 N–H and O–H groups in total. The Morgan fingerprint density at radius 3 is 2.60 bits per heavy atom. The van der Waals surface area contributed by atoms with E-state index in [2.05, 4.69) is 11.0 Å². The fourth-order valence-corrected chi connectivity index (χ4v) is 3.83. The second kappa shape index (κ2) is 8.17. The van der Waals surface area contributed by atoms with E-state index in [0.717, 1.165) is 31.1 Å². The number of hydrogen-bond acceptors (Lipinski definition) is 4. The first-order valence-corrected chi connectivity index (χ1v) is 9.12. The van der Waals surface area contributed by atoms with E-state index in [0.29, 0.717) is 26.1 Å². The summed E-state index contributed by atoms with van der Waals surface area (Å²) in [6, 6.07) is 7.34. The van der Waals surface area contributed by atoms with Crippen molar-refractivity contribution < 1.29 is 14.7 Å². The van der Waals surface area contributed by atoms with Crippen molar-refractivity contribution in [2.24, 2.45) is 0 Å². The summed E-state index contributed by atoms with van der Waals surface area (Å²) in [4.78, 5) is 29.7. The minimum absolute atomic E-state index is 0.0376. The third-order valence-electron chi connectivity index (χ3n) is 5.01. The highest BCUT2D eigenvalue weighted by atomic mass is 35.5. The zero-order chi connectivity index (χ0) is 17.8. The number of carbonyl (C=O) groups excluding carboxylic acids is 1. The van der Waals surface area contributed by atoms with Gasteiger partial charge in [-0.3, -0.25) is 19.4 Å². The first-order chi connectivity index (χ1) is 12.0. The molecule has 136 valence electrons. The van der Waals surface area contributed by atoms with Crippen molar-refractivity contribution in [3.8, 4) is 0 Å². The molecule has 1 atom stereocenters. The fourth-order valence-electron chi connectivity index (χ4n) is 3.62. The largest absolute Gasteiger partial charge is 0.480 e. The van der Waals surface area contributed by atoms with Gasteiger partial charge in [0.05, 0.1) is 6.54 Å². The van der Waals surface area contributed by atoms with Gasteiger partial charge in [-0.15, -0.1) is 0 Å². The molecule has 1 aromatic rings. The lowest BCUT2D eigenvalue weighted by atomic mass is 10.2. The quantitative estimate of drug-likeness (QED) is 0.857. The molecule has 2 aliphatic rings. The van der Waals surface area contributed by atoms with Gasteiger partial charge in [-0.25, -0.2) is 0 Å². The molecule has 2 fully saturated rings. The van der Waals surface area contributed by atoms with E-state index in [-0.39, 0.29) is 12.5 Å². The fraction of sp³-hybridized carbons (Fsp3) is 0.556. The Bertz CT molecular complexity index is 632. The normalized spacial score (nSPS) is 22.3. The van der Waals surface area contributed by atoms with Crippen LogP contribution in [0.15, 0.2) is 24.3 Å². The molecule has 2 heterocycles. The number of carboxylic acid groups (broad SMARTS) is 1. The lowest BCUT2D eigenvalue weighted by Crippen LogP contribution is -2.51. The van der Waals surface area contributed by atoms with Crippen LogP contribution in [0, 0.1) is 0 Å². The highest BCUT2D eigenvalue weighted by molar-refractivity contribution is 6.30. The Balaban J connectivity index is 1.47. The van der Waals surface area contributed by atoms with Gasteiger partial charge < -0.3 is 10.0 Å². The smallest absolute Gasteiger partial charge is 0.320 e. The number of amides is 1. The molecule has 0 saturated carbocycles. The molecule has 6 nitrogen and oxygen atoms in total. The predicted octanol–water partition coefficient (Wildman–Crippen LogP) is 1.53. The maximum Gasteiger partial charge on any atom is 0.320 e. The van der Waals surface area contributed by atoms with Gasteiger partial charge in [0, 0.05) is 37.7 Å². The summed E-state index contributed by atoms with van der Waals surface area (Å²) in [5.74, 6) is -0.785. The first kappa shape index (κ1) is 18.2. The number of nitrogens with zero attached hydrogens (tertiary/aromatic N) is 3. The van der Waals surface area contributed by atoms with Gasteiger partial charge in [0.25, 0.3) is 0 Å². The molecule has 2 aliphatic heterocycles. The van der Waals surface area contributed by atoms with E-state index in [1.54, 1.807) is 4.90 Å². The van der Waals surface area contributed by atoms with Gasteiger partial charge in [-0.1, -0.05) is 23.7 Å². The van der Waals surface area contributed by atoms with E-state index < -0.39 is 12.0 Å². The molecule has 0 radical (unpaired) electrons. The Kier molecular flexibility index (Phi) is 5.93. The summed E-state index contributed by atoms with van der Waals surface area (Å²) < 4.78 is 0. The van der Waals surface area contributed by atoms with Crippen molar-refractivity contribution in [2.75, 3.05) is 39.3 Å². The molecule has 25 heavy (non-hydrogen) atoms. The van der Waals surface area contributed by atoms with Gasteiger partial charge in [-0.2, -0.15) is 0 Å². The third-order valence-corrected chi connectivity index (χ3v) is 5.24. The summed E-state index contributed by atoms with van der Waals surface area (Å²) in [6.07, 6.45) is 1.48. The zero-order valence-corrected chi connectivity index (χ0v) is 15.0. The van der Waals surface area contributed by atoms with Crippen molar-refractivity contribution >= 4 is 23.5 Å². The maximum absolute atomic E-state index is 12.5. The summed E-state index contributed by atoms with van der Waals surface area (Å²) in [5, 5.41) is 9.96. The third kappa shape index (κ3) is 4.71. The van der Waals surface area contributed by atoms with E-state index >= 15 is 0 Å². The van der Waals surface area contributed by atoms with Crippen LogP contribution in [-0.4, -0.2) is 77.0 Å². The van der Waals surface area contributed by atoms with Crippen LogP contribution in [-0.2, 0) is 16.1 Å². The molecule has 0 spiro atoms. The number of rotatable bonds is 5. The van der Waals surface area contributed by atoms with E-state index in [4.69, 9.17) is 11.6 Å². The second-order valence-electron chi connectivity index (χ2n) is 6.75. The summed E-state index contributed by atoms with van der Waals surface area (Å²) in [6.45, 7) is 4.75.